The summed E-state index contributed by atoms with van der Waals surface area (Å²) < 4.78 is 12.9. The minimum absolute atomic E-state index is 0.250. The van der Waals surface area contributed by atoms with Crippen LogP contribution >= 0.6 is 11.8 Å². The van der Waals surface area contributed by atoms with Gasteiger partial charge in [0.05, 0.1) is 11.0 Å². The number of aromatic amines is 1. The molecule has 0 radical (unpaired) electrons. The van der Waals surface area contributed by atoms with Gasteiger partial charge in [0.1, 0.15) is 5.82 Å². The van der Waals surface area contributed by atoms with E-state index in [0.29, 0.717) is 11.2 Å². The first kappa shape index (κ1) is 11.3. The van der Waals surface area contributed by atoms with Crippen LogP contribution in [-0.4, -0.2) is 28.0 Å². The largest absolute Gasteiger partial charge is 0.355 e. The number of H-pyrrole nitrogens is 1. The van der Waals surface area contributed by atoms with E-state index in [9.17, 15) is 4.39 Å². The number of hydrogen-bond donors (Lipinski definition) is 2. The highest BCUT2D eigenvalue weighted by Gasteiger charge is 2.04. The summed E-state index contributed by atoms with van der Waals surface area (Å²) in [5.41, 5.74) is 1.50. The topological polar surface area (TPSA) is 40.7 Å². The highest BCUT2D eigenvalue weighted by Crippen LogP contribution is 2.15. The van der Waals surface area contributed by atoms with Crippen LogP contribution in [0.1, 0.15) is 6.92 Å². The molecule has 0 saturated carbocycles. The standard InChI is InChI=1S/C11H14FN3S/c1-7(16-2)6-13-11-14-9-4-3-8(12)5-10(9)15-11/h3-5,7H,6H2,1-2H3,(H2,13,14,15). The minimum Gasteiger partial charge on any atom is -0.355 e. The normalized spacial score (nSPS) is 12.9. The molecule has 1 aromatic heterocycles. The van der Waals surface area contributed by atoms with Gasteiger partial charge in [-0.15, -0.1) is 0 Å². The number of benzene rings is 1. The molecule has 2 aromatic rings. The molecular formula is C11H14FN3S. The molecule has 86 valence electrons. The number of halogens is 1. The molecule has 2 rings (SSSR count). The Morgan fingerprint density at radius 3 is 3.12 bits per heavy atom. The van der Waals surface area contributed by atoms with Gasteiger partial charge in [0.25, 0.3) is 0 Å². The van der Waals surface area contributed by atoms with E-state index in [0.717, 1.165) is 17.6 Å². The summed E-state index contributed by atoms with van der Waals surface area (Å²) in [5.74, 6) is 0.446. The zero-order chi connectivity index (χ0) is 11.5. The summed E-state index contributed by atoms with van der Waals surface area (Å²) >= 11 is 1.79. The van der Waals surface area contributed by atoms with E-state index < -0.39 is 0 Å². The minimum atomic E-state index is -0.250. The summed E-state index contributed by atoms with van der Waals surface area (Å²) in [6, 6.07) is 4.54. The van der Waals surface area contributed by atoms with Gasteiger partial charge < -0.3 is 10.3 Å². The second-order valence-corrected chi connectivity index (χ2v) is 4.95. The van der Waals surface area contributed by atoms with E-state index in [4.69, 9.17) is 0 Å². The van der Waals surface area contributed by atoms with E-state index in [1.807, 2.05) is 0 Å². The SMILES string of the molecule is CSC(C)CNc1nc2ccc(F)cc2[nH]1. The highest BCUT2D eigenvalue weighted by atomic mass is 32.2. The fourth-order valence-corrected chi connectivity index (χ4v) is 1.64. The summed E-state index contributed by atoms with van der Waals surface area (Å²) in [6.45, 7) is 2.98. The van der Waals surface area contributed by atoms with Gasteiger partial charge in [-0.2, -0.15) is 11.8 Å². The Balaban J connectivity index is 2.13. The number of fused-ring (bicyclic) bond motifs is 1. The molecular weight excluding hydrogens is 225 g/mol. The van der Waals surface area contributed by atoms with Gasteiger partial charge in [-0.3, -0.25) is 0 Å². The van der Waals surface area contributed by atoms with Crippen molar-refractivity contribution < 1.29 is 4.39 Å². The molecule has 1 heterocycles. The van der Waals surface area contributed by atoms with E-state index in [1.165, 1.54) is 12.1 Å². The van der Waals surface area contributed by atoms with E-state index in [1.54, 1.807) is 17.8 Å². The van der Waals surface area contributed by atoms with E-state index in [2.05, 4.69) is 28.5 Å². The molecule has 0 bridgehead atoms. The zero-order valence-corrected chi connectivity index (χ0v) is 10.1. The van der Waals surface area contributed by atoms with E-state index >= 15 is 0 Å². The Bertz CT molecular complexity index is 483. The molecule has 0 fully saturated rings. The van der Waals surface area contributed by atoms with Crippen LogP contribution in [0.2, 0.25) is 0 Å². The molecule has 16 heavy (non-hydrogen) atoms. The Kier molecular flexibility index (Phi) is 3.33. The van der Waals surface area contributed by atoms with Crippen LogP contribution in [0.3, 0.4) is 0 Å². The van der Waals surface area contributed by atoms with Crippen molar-refractivity contribution in [2.45, 2.75) is 12.2 Å². The molecule has 1 unspecified atom stereocenters. The lowest BCUT2D eigenvalue weighted by molar-refractivity contribution is 0.629. The van der Waals surface area contributed by atoms with Crippen LogP contribution in [0.4, 0.5) is 10.3 Å². The Morgan fingerprint density at radius 2 is 2.38 bits per heavy atom. The second kappa shape index (κ2) is 4.74. The third kappa shape index (κ3) is 2.47. The molecule has 0 saturated heterocycles. The summed E-state index contributed by atoms with van der Waals surface area (Å²) in [4.78, 5) is 7.36. The van der Waals surface area contributed by atoms with Crippen molar-refractivity contribution in [3.05, 3.63) is 24.0 Å². The fraction of sp³-hybridized carbons (Fsp3) is 0.364. The van der Waals surface area contributed by atoms with Gasteiger partial charge in [-0.25, -0.2) is 9.37 Å². The quantitative estimate of drug-likeness (QED) is 0.862. The van der Waals surface area contributed by atoms with Crippen molar-refractivity contribution in [1.29, 1.82) is 0 Å². The predicted molar refractivity (Wildman–Crippen MR) is 67.5 cm³/mol. The number of aromatic nitrogens is 2. The van der Waals surface area contributed by atoms with Crippen LogP contribution in [0.25, 0.3) is 11.0 Å². The lowest BCUT2D eigenvalue weighted by Crippen LogP contribution is -2.13. The van der Waals surface area contributed by atoms with Gasteiger partial charge in [0.2, 0.25) is 5.95 Å². The number of nitrogens with one attached hydrogen (secondary N) is 2. The first-order valence-corrected chi connectivity index (χ1v) is 6.40. The molecule has 3 nitrogen and oxygen atoms in total. The number of anilines is 1. The average molecular weight is 239 g/mol. The summed E-state index contributed by atoms with van der Waals surface area (Å²) in [5, 5.41) is 3.71. The Morgan fingerprint density at radius 1 is 1.56 bits per heavy atom. The number of nitrogens with zero attached hydrogens (tertiary/aromatic N) is 1. The molecule has 0 amide bonds. The second-order valence-electron chi connectivity index (χ2n) is 3.67. The summed E-state index contributed by atoms with van der Waals surface area (Å²) in [7, 11) is 0. The molecule has 0 aliphatic carbocycles. The van der Waals surface area contributed by atoms with Gasteiger partial charge in [0, 0.05) is 11.8 Å². The van der Waals surface area contributed by atoms with Gasteiger partial charge in [0.15, 0.2) is 0 Å². The van der Waals surface area contributed by atoms with Crippen LogP contribution in [-0.2, 0) is 0 Å². The average Bonchev–Trinajstić information content (AvgIpc) is 2.67. The maximum Gasteiger partial charge on any atom is 0.201 e. The number of hydrogen-bond acceptors (Lipinski definition) is 3. The number of imidazole rings is 1. The fourth-order valence-electron chi connectivity index (χ4n) is 1.39. The van der Waals surface area contributed by atoms with Crippen molar-refractivity contribution >= 4 is 28.7 Å². The first-order valence-electron chi connectivity index (χ1n) is 5.11. The van der Waals surface area contributed by atoms with Crippen molar-refractivity contribution in [3.8, 4) is 0 Å². The monoisotopic (exact) mass is 239 g/mol. The van der Waals surface area contributed by atoms with Crippen molar-refractivity contribution in [2.24, 2.45) is 0 Å². The van der Waals surface area contributed by atoms with Crippen LogP contribution in [0.5, 0.6) is 0 Å². The van der Waals surface area contributed by atoms with Crippen molar-refractivity contribution in [2.75, 3.05) is 18.1 Å². The van der Waals surface area contributed by atoms with Gasteiger partial charge in [-0.05, 0) is 24.5 Å². The Labute approximate surface area is 97.8 Å². The molecule has 0 spiro atoms. The maximum absolute atomic E-state index is 12.9. The predicted octanol–water partition coefficient (Wildman–Crippen LogP) is 2.87. The summed E-state index contributed by atoms with van der Waals surface area (Å²) in [6.07, 6.45) is 2.07. The van der Waals surface area contributed by atoms with Crippen LogP contribution < -0.4 is 5.32 Å². The van der Waals surface area contributed by atoms with Gasteiger partial charge in [-0.1, -0.05) is 6.92 Å². The zero-order valence-electron chi connectivity index (χ0n) is 9.25. The molecule has 1 aromatic carbocycles. The maximum atomic E-state index is 12.9. The third-order valence-corrected chi connectivity index (χ3v) is 3.37. The van der Waals surface area contributed by atoms with Crippen molar-refractivity contribution in [1.82, 2.24) is 9.97 Å². The van der Waals surface area contributed by atoms with Crippen LogP contribution in [0.15, 0.2) is 18.2 Å². The third-order valence-electron chi connectivity index (χ3n) is 2.40. The number of rotatable bonds is 4. The Hall–Kier alpha value is -1.23. The van der Waals surface area contributed by atoms with E-state index in [-0.39, 0.29) is 5.82 Å². The lowest BCUT2D eigenvalue weighted by Gasteiger charge is -2.07. The molecule has 2 N–H and O–H groups in total. The van der Waals surface area contributed by atoms with Crippen LogP contribution in [0, 0.1) is 5.82 Å². The lowest BCUT2D eigenvalue weighted by atomic mass is 10.3. The molecule has 1 atom stereocenters. The first-order chi connectivity index (χ1) is 7.69. The molecule has 0 aliphatic heterocycles. The number of thioether (sulfide) groups is 1. The molecule has 5 heteroatoms. The molecule has 0 aliphatic rings. The highest BCUT2D eigenvalue weighted by molar-refractivity contribution is 7.99. The van der Waals surface area contributed by atoms with Crippen molar-refractivity contribution in [3.63, 3.8) is 0 Å². The van der Waals surface area contributed by atoms with Gasteiger partial charge >= 0.3 is 0 Å². The smallest absolute Gasteiger partial charge is 0.201 e.